The predicted molar refractivity (Wildman–Crippen MR) is 298 cm³/mol. The molecule has 15 nitrogen and oxygen atoms in total. The second-order valence-electron chi connectivity index (χ2n) is 19.0. The largest absolute Gasteiger partial charge is 0.462 e. The van der Waals surface area contributed by atoms with E-state index in [4.69, 9.17) is 28.4 Å². The molecule has 0 spiro atoms. The van der Waals surface area contributed by atoms with Gasteiger partial charge in [0, 0.05) is 12.8 Å². The topological polar surface area (TPSA) is 231 Å². The molecule has 2 saturated heterocycles. The van der Waals surface area contributed by atoms with Crippen LogP contribution in [0.1, 0.15) is 155 Å². The molecular formula is C61H96O15. The summed E-state index contributed by atoms with van der Waals surface area (Å²) in [6, 6.07) is 0. The van der Waals surface area contributed by atoms with Crippen molar-refractivity contribution in [3.63, 3.8) is 0 Å². The van der Waals surface area contributed by atoms with Gasteiger partial charge in [-0.25, -0.2) is 0 Å². The third-order valence-electron chi connectivity index (χ3n) is 12.4. The summed E-state index contributed by atoms with van der Waals surface area (Å²) in [7, 11) is 0. The lowest BCUT2D eigenvalue weighted by Gasteiger charge is -2.42. The normalized spacial score (nSPS) is 25.3. The van der Waals surface area contributed by atoms with E-state index in [1.807, 2.05) is 24.3 Å². The molecule has 0 aromatic heterocycles. The second kappa shape index (κ2) is 45.9. The molecule has 0 amide bonds. The van der Waals surface area contributed by atoms with Crippen LogP contribution < -0.4 is 0 Å². The fourth-order valence-corrected chi connectivity index (χ4v) is 7.88. The molecule has 2 aliphatic heterocycles. The molecule has 4 unspecified atom stereocenters. The number of hydrogen-bond acceptors (Lipinski definition) is 15. The van der Waals surface area contributed by atoms with Gasteiger partial charge in [0.15, 0.2) is 18.7 Å². The van der Waals surface area contributed by atoms with Gasteiger partial charge in [-0.05, 0) is 89.9 Å². The summed E-state index contributed by atoms with van der Waals surface area (Å²) < 4.78 is 33.5. The van der Waals surface area contributed by atoms with Crippen molar-refractivity contribution in [2.24, 2.45) is 0 Å². The molecule has 2 aliphatic rings. The average Bonchev–Trinajstić information content (AvgIpc) is 3.41. The number of hydrogen-bond donors (Lipinski definition) is 7. The first-order chi connectivity index (χ1) is 37.0. The van der Waals surface area contributed by atoms with Crippen molar-refractivity contribution < 1.29 is 73.8 Å². The van der Waals surface area contributed by atoms with E-state index in [1.165, 1.54) is 44.9 Å². The van der Waals surface area contributed by atoms with Crippen molar-refractivity contribution >= 4 is 11.9 Å². The number of allylic oxidation sites excluding steroid dienone is 20. The third kappa shape index (κ3) is 32.6. The zero-order valence-electron chi connectivity index (χ0n) is 45.7. The van der Waals surface area contributed by atoms with Gasteiger partial charge in [0.2, 0.25) is 0 Å². The summed E-state index contributed by atoms with van der Waals surface area (Å²) in [5.74, 6) is -1.10. The zero-order valence-corrected chi connectivity index (χ0v) is 45.7. The van der Waals surface area contributed by atoms with Gasteiger partial charge >= 0.3 is 11.9 Å². The molecule has 0 bridgehead atoms. The fraction of sp³-hybridized carbons (Fsp3) is 0.639. The van der Waals surface area contributed by atoms with Crippen molar-refractivity contribution in [2.75, 3.05) is 26.4 Å². The lowest BCUT2D eigenvalue weighted by Crippen LogP contribution is -2.61. The van der Waals surface area contributed by atoms with E-state index >= 15 is 0 Å². The lowest BCUT2D eigenvalue weighted by atomic mass is 9.98. The molecule has 11 atom stereocenters. The highest BCUT2D eigenvalue weighted by Crippen LogP contribution is 2.26. The standard InChI is InChI=1S/C61H96O15/c1-3-5-7-9-11-13-15-17-19-21-23-24-26-27-29-31-33-35-37-39-41-43-52(63)71-46-49(74-53(64)44-42-40-38-36-34-32-30-28-25-22-20-18-16-14-12-10-8-6-4-2)47-72-60-59(70)57(68)55(66)51(76-60)48-73-61-58(69)56(67)54(65)50(45-62)75-61/h6,8,12,14,18-21,24-26,28-29,31-32,34-35,37-38,40,49-51,54-62,65-70H,3-5,7,9-11,13,15-17,22-23,27,30,33,36,39,41-48H2,1-2H3/b8-6+,14-12+,20-18+,21-19+,26-24+,28-25+,31-29+,34-32+,37-35+,40-38+/t49-,50+,51+,54-,55-,56?,57?,58?,59?,60+,61+/m0/s1. The second-order valence-corrected chi connectivity index (χ2v) is 19.0. The van der Waals surface area contributed by atoms with Crippen molar-refractivity contribution in [1.82, 2.24) is 0 Å². The minimum atomic E-state index is -1.80. The van der Waals surface area contributed by atoms with Crippen LogP contribution in [0.2, 0.25) is 0 Å². The smallest absolute Gasteiger partial charge is 0.306 e. The van der Waals surface area contributed by atoms with Crippen LogP contribution in [0.4, 0.5) is 0 Å². The molecule has 0 aromatic rings. The van der Waals surface area contributed by atoms with Crippen LogP contribution in [0, 0.1) is 0 Å². The number of carbonyl (C=O) groups excluding carboxylic acids is 2. The minimum absolute atomic E-state index is 0.0205. The van der Waals surface area contributed by atoms with Crippen molar-refractivity contribution in [1.29, 1.82) is 0 Å². The Bertz CT molecular complexity index is 1780. The number of aliphatic hydroxyl groups excluding tert-OH is 7. The van der Waals surface area contributed by atoms with Gasteiger partial charge in [0.05, 0.1) is 19.8 Å². The molecule has 0 saturated carbocycles. The van der Waals surface area contributed by atoms with Gasteiger partial charge in [-0.1, -0.05) is 174 Å². The Morgan fingerprint density at radius 2 is 0.855 bits per heavy atom. The Morgan fingerprint density at radius 1 is 0.434 bits per heavy atom. The van der Waals surface area contributed by atoms with E-state index in [2.05, 4.69) is 111 Å². The molecule has 7 N–H and O–H groups in total. The van der Waals surface area contributed by atoms with Gasteiger partial charge in [-0.3, -0.25) is 9.59 Å². The average molecular weight is 1070 g/mol. The summed E-state index contributed by atoms with van der Waals surface area (Å²) in [5, 5.41) is 72.2. The molecule has 0 radical (unpaired) electrons. The minimum Gasteiger partial charge on any atom is -0.462 e. The Hall–Kier alpha value is -4.10. The van der Waals surface area contributed by atoms with Crippen LogP contribution in [0.5, 0.6) is 0 Å². The van der Waals surface area contributed by atoms with E-state index in [0.29, 0.717) is 25.7 Å². The van der Waals surface area contributed by atoms with E-state index in [0.717, 1.165) is 57.8 Å². The number of unbranched alkanes of at least 4 members (excludes halogenated alkanes) is 8. The van der Waals surface area contributed by atoms with Crippen LogP contribution in [0.25, 0.3) is 0 Å². The first-order valence-corrected chi connectivity index (χ1v) is 28.1. The van der Waals surface area contributed by atoms with E-state index in [9.17, 15) is 45.3 Å². The maximum Gasteiger partial charge on any atom is 0.306 e. The predicted octanol–water partition coefficient (Wildman–Crippen LogP) is 9.27. The van der Waals surface area contributed by atoms with E-state index in [-0.39, 0.29) is 19.4 Å². The Balaban J connectivity index is 1.84. The maximum atomic E-state index is 13.0. The van der Waals surface area contributed by atoms with Gasteiger partial charge in [-0.15, -0.1) is 0 Å². The summed E-state index contributed by atoms with van der Waals surface area (Å²) >= 11 is 0. The number of rotatable bonds is 42. The zero-order chi connectivity index (χ0) is 55.3. The maximum absolute atomic E-state index is 13.0. The molecule has 2 rings (SSSR count). The van der Waals surface area contributed by atoms with Gasteiger partial charge in [0.25, 0.3) is 0 Å². The molecule has 76 heavy (non-hydrogen) atoms. The molecule has 0 aromatic carbocycles. The highest BCUT2D eigenvalue weighted by atomic mass is 16.7. The van der Waals surface area contributed by atoms with Crippen LogP contribution in [0.15, 0.2) is 122 Å². The van der Waals surface area contributed by atoms with Crippen LogP contribution >= 0.6 is 0 Å². The highest BCUT2D eigenvalue weighted by Gasteiger charge is 2.47. The summed E-state index contributed by atoms with van der Waals surface area (Å²) in [4.78, 5) is 25.8. The molecule has 0 aliphatic carbocycles. The van der Waals surface area contributed by atoms with Crippen molar-refractivity contribution in [3.05, 3.63) is 122 Å². The summed E-state index contributed by atoms with van der Waals surface area (Å²) in [5.41, 5.74) is 0. The molecule has 2 fully saturated rings. The fourth-order valence-electron chi connectivity index (χ4n) is 7.88. The van der Waals surface area contributed by atoms with Crippen molar-refractivity contribution in [3.8, 4) is 0 Å². The first kappa shape index (κ1) is 68.0. The van der Waals surface area contributed by atoms with Gasteiger partial charge < -0.3 is 64.2 Å². The molecular weight excluding hydrogens is 973 g/mol. The lowest BCUT2D eigenvalue weighted by molar-refractivity contribution is -0.332. The van der Waals surface area contributed by atoms with Crippen LogP contribution in [-0.2, 0) is 38.0 Å². The highest BCUT2D eigenvalue weighted by molar-refractivity contribution is 5.70. The number of aliphatic hydroxyl groups is 7. The number of ether oxygens (including phenoxy) is 6. The Morgan fingerprint density at radius 3 is 1.36 bits per heavy atom. The third-order valence-corrected chi connectivity index (χ3v) is 12.4. The van der Waals surface area contributed by atoms with Crippen LogP contribution in [-0.4, -0.2) is 142 Å². The van der Waals surface area contributed by atoms with Gasteiger partial charge in [-0.2, -0.15) is 0 Å². The Labute approximate surface area is 454 Å². The van der Waals surface area contributed by atoms with Gasteiger partial charge in [0.1, 0.15) is 55.4 Å². The monoisotopic (exact) mass is 1070 g/mol. The molecule has 2 heterocycles. The van der Waals surface area contributed by atoms with E-state index < -0.39 is 99.3 Å². The SMILES string of the molecule is CC/C=C/C/C=C/C/C=C/C/C=C/C/C=C/C/C=C/CCC(=O)O[C@@H](COC(=O)CCC/C=C/C/C=C/C/C=C/C/C=C/CCCCCCCCC)CO[C@@H]1O[C@H](CO[C@@H]2O[C@H](CO)[C@H](O)C(O)C2O)[C@H](O)C(O)C1O. The summed E-state index contributed by atoms with van der Waals surface area (Å²) in [6.45, 7) is 2.32. The number of esters is 2. The Kier molecular flexibility index (Phi) is 41.1. The number of carbonyl (C=O) groups is 2. The quantitative estimate of drug-likeness (QED) is 0.0172. The molecule has 15 heteroatoms. The van der Waals surface area contributed by atoms with Crippen LogP contribution in [0.3, 0.4) is 0 Å². The molecule has 430 valence electrons. The van der Waals surface area contributed by atoms with Crippen molar-refractivity contribution in [2.45, 2.75) is 223 Å². The summed E-state index contributed by atoms with van der Waals surface area (Å²) in [6.07, 6.45) is 45.3. The first-order valence-electron chi connectivity index (χ1n) is 28.1. The van der Waals surface area contributed by atoms with E-state index in [1.54, 1.807) is 0 Å².